The van der Waals surface area contributed by atoms with E-state index in [9.17, 15) is 8.42 Å². The highest BCUT2D eigenvalue weighted by Gasteiger charge is 2.25. The van der Waals surface area contributed by atoms with E-state index in [0.717, 1.165) is 53.1 Å². The van der Waals surface area contributed by atoms with Crippen LogP contribution in [-0.2, 0) is 10.0 Å². The van der Waals surface area contributed by atoms with Crippen molar-refractivity contribution >= 4 is 15.7 Å². The summed E-state index contributed by atoms with van der Waals surface area (Å²) in [5.74, 6) is 2.14. The van der Waals surface area contributed by atoms with Gasteiger partial charge in [0, 0.05) is 36.2 Å². The second-order valence-electron chi connectivity index (χ2n) is 9.50. The van der Waals surface area contributed by atoms with E-state index in [4.69, 9.17) is 9.26 Å². The molecular formula is C28H30N4O4S. The van der Waals surface area contributed by atoms with Gasteiger partial charge in [-0.15, -0.1) is 0 Å². The van der Waals surface area contributed by atoms with Gasteiger partial charge in [0.25, 0.3) is 10.0 Å². The molecule has 0 saturated carbocycles. The maximum atomic E-state index is 13.2. The molecule has 1 aromatic heterocycles. The molecule has 1 aliphatic heterocycles. The lowest BCUT2D eigenvalue weighted by Crippen LogP contribution is -2.15. The van der Waals surface area contributed by atoms with Crippen LogP contribution in [0.15, 0.2) is 70.1 Å². The number of methoxy groups -OCH3 is 1. The Hall–Kier alpha value is -3.69. The molecule has 1 saturated heterocycles. The molecule has 37 heavy (non-hydrogen) atoms. The van der Waals surface area contributed by atoms with Crippen LogP contribution in [0.3, 0.4) is 0 Å². The molecule has 1 atom stereocenters. The molecule has 0 radical (unpaired) electrons. The van der Waals surface area contributed by atoms with Crippen molar-refractivity contribution in [2.45, 2.75) is 31.1 Å². The molecule has 1 fully saturated rings. The minimum absolute atomic E-state index is 0.200. The number of likely N-dealkylation sites (N-methyl/N-ethyl adjacent to an activating group) is 1. The Kier molecular flexibility index (Phi) is 6.74. The Bertz CT molecular complexity index is 1530. The molecule has 8 nitrogen and oxygen atoms in total. The van der Waals surface area contributed by atoms with Gasteiger partial charge in [-0.1, -0.05) is 29.4 Å². The minimum Gasteiger partial charge on any atom is -0.496 e. The quantitative estimate of drug-likeness (QED) is 0.357. The summed E-state index contributed by atoms with van der Waals surface area (Å²) in [6.07, 6.45) is 1.01. The molecule has 0 bridgehead atoms. The van der Waals surface area contributed by atoms with Gasteiger partial charge in [0.15, 0.2) is 0 Å². The number of likely N-dealkylation sites (tertiary alicyclic amines) is 1. The van der Waals surface area contributed by atoms with E-state index < -0.39 is 10.0 Å². The van der Waals surface area contributed by atoms with Crippen LogP contribution in [0, 0.1) is 13.8 Å². The lowest BCUT2D eigenvalue weighted by atomic mass is 9.97. The first-order valence-corrected chi connectivity index (χ1v) is 13.6. The summed E-state index contributed by atoms with van der Waals surface area (Å²) in [6.45, 7) is 5.68. The fourth-order valence-electron chi connectivity index (χ4n) is 4.88. The number of anilines is 1. The largest absolute Gasteiger partial charge is 0.496 e. The average Bonchev–Trinajstić information content (AvgIpc) is 3.52. The molecule has 1 aliphatic rings. The molecule has 3 aromatic carbocycles. The Morgan fingerprint density at radius 1 is 1.03 bits per heavy atom. The van der Waals surface area contributed by atoms with Crippen LogP contribution in [0.4, 0.5) is 5.69 Å². The number of nitrogens with one attached hydrogen (secondary N) is 1. The Morgan fingerprint density at radius 3 is 2.41 bits per heavy atom. The zero-order valence-corrected chi connectivity index (χ0v) is 22.2. The van der Waals surface area contributed by atoms with E-state index in [0.29, 0.717) is 23.3 Å². The smallest absolute Gasteiger partial charge is 0.261 e. The molecule has 0 aliphatic carbocycles. The van der Waals surface area contributed by atoms with Crippen LogP contribution >= 0.6 is 0 Å². The zero-order valence-electron chi connectivity index (χ0n) is 21.4. The maximum absolute atomic E-state index is 13.2. The van der Waals surface area contributed by atoms with Crippen molar-refractivity contribution < 1.29 is 17.7 Å². The van der Waals surface area contributed by atoms with Gasteiger partial charge >= 0.3 is 0 Å². The number of rotatable bonds is 7. The standard InChI is InChI=1S/C28H30N4O4S/c1-18-15-21(28-29-19(2)36-30-28)7-11-25(18)20-5-9-24(10-6-20)37(33,34)31-23-8-12-27(35-4)26(16-23)22-13-14-32(3)17-22/h5-12,15-16,22,31H,13-14,17H2,1-4H3. The van der Waals surface area contributed by atoms with Crippen LogP contribution in [0.2, 0.25) is 0 Å². The Labute approximate surface area is 217 Å². The summed E-state index contributed by atoms with van der Waals surface area (Å²) < 4.78 is 39.7. The predicted molar refractivity (Wildman–Crippen MR) is 143 cm³/mol. The van der Waals surface area contributed by atoms with Gasteiger partial charge in [0.1, 0.15) is 5.75 Å². The first-order chi connectivity index (χ1) is 17.7. The van der Waals surface area contributed by atoms with Crippen molar-refractivity contribution in [3.63, 3.8) is 0 Å². The normalized spacial score (nSPS) is 16.2. The summed E-state index contributed by atoms with van der Waals surface area (Å²) >= 11 is 0. The van der Waals surface area contributed by atoms with E-state index in [-0.39, 0.29) is 4.90 Å². The molecule has 1 N–H and O–H groups in total. The molecule has 2 heterocycles. The number of aromatic nitrogens is 2. The molecule has 1 unspecified atom stereocenters. The van der Waals surface area contributed by atoms with Gasteiger partial charge in [-0.05, 0) is 80.0 Å². The van der Waals surface area contributed by atoms with Crippen molar-refractivity contribution in [1.29, 1.82) is 0 Å². The zero-order chi connectivity index (χ0) is 26.2. The highest BCUT2D eigenvalue weighted by atomic mass is 32.2. The summed E-state index contributed by atoms with van der Waals surface area (Å²) in [6, 6.07) is 18.3. The number of nitrogens with zero attached hydrogens (tertiary/aromatic N) is 3. The molecular weight excluding hydrogens is 488 g/mol. The number of hydrogen-bond acceptors (Lipinski definition) is 7. The number of sulfonamides is 1. The van der Waals surface area contributed by atoms with Gasteiger partial charge in [0.2, 0.25) is 11.7 Å². The van der Waals surface area contributed by atoms with E-state index in [1.807, 2.05) is 49.4 Å². The Balaban J connectivity index is 1.36. The second kappa shape index (κ2) is 9.99. The van der Waals surface area contributed by atoms with E-state index >= 15 is 0 Å². The van der Waals surface area contributed by atoms with Gasteiger partial charge in [-0.25, -0.2) is 8.42 Å². The van der Waals surface area contributed by atoms with Crippen LogP contribution in [0.1, 0.15) is 29.4 Å². The van der Waals surface area contributed by atoms with E-state index in [1.165, 1.54) is 0 Å². The topological polar surface area (TPSA) is 97.6 Å². The van der Waals surface area contributed by atoms with Crippen LogP contribution < -0.4 is 9.46 Å². The van der Waals surface area contributed by atoms with Gasteiger partial charge in [-0.2, -0.15) is 4.98 Å². The van der Waals surface area contributed by atoms with E-state index in [1.54, 1.807) is 32.2 Å². The van der Waals surface area contributed by atoms with Crippen LogP contribution in [-0.4, -0.2) is 50.7 Å². The third-order valence-electron chi connectivity index (χ3n) is 6.80. The number of benzene rings is 3. The molecule has 0 spiro atoms. The lowest BCUT2D eigenvalue weighted by molar-refractivity contribution is 0.394. The number of aryl methyl sites for hydroxylation is 2. The average molecular weight is 519 g/mol. The summed E-state index contributed by atoms with van der Waals surface area (Å²) in [5, 5.41) is 3.97. The molecule has 0 amide bonds. The van der Waals surface area contributed by atoms with Crippen molar-refractivity contribution in [2.75, 3.05) is 32.0 Å². The van der Waals surface area contributed by atoms with Gasteiger partial charge in [0.05, 0.1) is 12.0 Å². The third-order valence-corrected chi connectivity index (χ3v) is 8.20. The highest BCUT2D eigenvalue weighted by molar-refractivity contribution is 7.92. The predicted octanol–water partition coefficient (Wildman–Crippen LogP) is 5.25. The molecule has 5 rings (SSSR count). The van der Waals surface area contributed by atoms with Gasteiger partial charge < -0.3 is 14.2 Å². The Morgan fingerprint density at radius 2 is 1.78 bits per heavy atom. The first kappa shape index (κ1) is 25.0. The second-order valence-corrected chi connectivity index (χ2v) is 11.2. The molecule has 4 aromatic rings. The van der Waals surface area contributed by atoms with Crippen molar-refractivity contribution in [2.24, 2.45) is 0 Å². The third kappa shape index (κ3) is 5.23. The van der Waals surface area contributed by atoms with Crippen molar-refractivity contribution in [3.8, 4) is 28.3 Å². The first-order valence-electron chi connectivity index (χ1n) is 12.1. The monoisotopic (exact) mass is 518 g/mol. The molecule has 192 valence electrons. The van der Waals surface area contributed by atoms with Crippen molar-refractivity contribution in [3.05, 3.63) is 77.7 Å². The fraction of sp³-hybridized carbons (Fsp3) is 0.286. The SMILES string of the molecule is COc1ccc(NS(=O)(=O)c2ccc(-c3ccc(-c4noc(C)n4)cc3C)cc2)cc1C1CCN(C)C1. The summed E-state index contributed by atoms with van der Waals surface area (Å²) in [7, 11) is -0.0279. The minimum atomic E-state index is -3.76. The van der Waals surface area contributed by atoms with Gasteiger partial charge in [-0.3, -0.25) is 4.72 Å². The summed E-state index contributed by atoms with van der Waals surface area (Å²) in [5.41, 5.74) is 5.36. The van der Waals surface area contributed by atoms with E-state index in [2.05, 4.69) is 26.8 Å². The maximum Gasteiger partial charge on any atom is 0.261 e. The molecule has 9 heteroatoms. The van der Waals surface area contributed by atoms with Crippen LogP contribution in [0.25, 0.3) is 22.5 Å². The van der Waals surface area contributed by atoms with Crippen LogP contribution in [0.5, 0.6) is 5.75 Å². The number of hydrogen-bond donors (Lipinski definition) is 1. The van der Waals surface area contributed by atoms with Crippen molar-refractivity contribution in [1.82, 2.24) is 15.0 Å². The fourth-order valence-corrected chi connectivity index (χ4v) is 5.93. The lowest BCUT2D eigenvalue weighted by Gasteiger charge is -2.17. The number of ether oxygens (including phenoxy) is 1. The summed E-state index contributed by atoms with van der Waals surface area (Å²) in [4.78, 5) is 6.75. The highest BCUT2D eigenvalue weighted by Crippen LogP contribution is 2.35.